The van der Waals surface area contributed by atoms with Gasteiger partial charge in [0.25, 0.3) is 0 Å². The Labute approximate surface area is 128 Å². The van der Waals surface area contributed by atoms with Crippen LogP contribution in [0.2, 0.25) is 5.28 Å². The van der Waals surface area contributed by atoms with E-state index in [1.54, 1.807) is 0 Å². The van der Waals surface area contributed by atoms with E-state index in [0.717, 1.165) is 28.3 Å². The molecule has 0 spiro atoms. The number of benzene rings is 1. The van der Waals surface area contributed by atoms with Crippen molar-refractivity contribution in [2.75, 3.05) is 5.32 Å². The predicted octanol–water partition coefficient (Wildman–Crippen LogP) is 4.11. The average Bonchev–Trinajstić information content (AvgIpc) is 2.40. The SMILES string of the molecule is CCc1cc(Br)ccc1Nc1nc(Cl)ncc1[N+](=O)[O-]. The van der Waals surface area contributed by atoms with Gasteiger partial charge in [0.05, 0.1) is 4.92 Å². The number of nitrogens with zero attached hydrogens (tertiary/aromatic N) is 3. The number of aromatic nitrogens is 2. The fourth-order valence-corrected chi connectivity index (χ4v) is 2.23. The number of hydrogen-bond donors (Lipinski definition) is 1. The zero-order valence-electron chi connectivity index (χ0n) is 10.4. The van der Waals surface area contributed by atoms with Crippen LogP contribution < -0.4 is 5.32 Å². The molecular formula is C12H10BrClN4O2. The molecule has 1 heterocycles. The van der Waals surface area contributed by atoms with Crippen LogP contribution in [-0.4, -0.2) is 14.9 Å². The highest BCUT2D eigenvalue weighted by Crippen LogP contribution is 2.29. The molecule has 2 rings (SSSR count). The fourth-order valence-electron chi connectivity index (χ4n) is 1.68. The van der Waals surface area contributed by atoms with E-state index in [4.69, 9.17) is 11.6 Å². The summed E-state index contributed by atoms with van der Waals surface area (Å²) in [5, 5.41) is 13.9. The molecule has 0 atom stereocenters. The number of nitrogens with one attached hydrogen (secondary N) is 1. The third-order valence-electron chi connectivity index (χ3n) is 2.64. The zero-order chi connectivity index (χ0) is 14.7. The first-order chi connectivity index (χ1) is 9.51. The van der Waals surface area contributed by atoms with Crippen LogP contribution in [0.25, 0.3) is 0 Å². The standard InChI is InChI=1S/C12H10BrClN4O2/c1-2-7-5-8(13)3-4-9(7)16-11-10(18(19)20)6-15-12(14)17-11/h3-6H,2H2,1H3,(H,15,16,17). The van der Waals surface area contributed by atoms with Gasteiger partial charge in [0.2, 0.25) is 11.1 Å². The molecule has 0 unspecified atom stereocenters. The maximum atomic E-state index is 11.0. The van der Waals surface area contributed by atoms with Crippen molar-refractivity contribution in [2.24, 2.45) is 0 Å². The Morgan fingerprint density at radius 2 is 2.25 bits per heavy atom. The summed E-state index contributed by atoms with van der Waals surface area (Å²) in [4.78, 5) is 17.9. The van der Waals surface area contributed by atoms with Crippen LogP contribution in [0.5, 0.6) is 0 Å². The van der Waals surface area contributed by atoms with Crippen molar-refractivity contribution < 1.29 is 4.92 Å². The number of hydrogen-bond acceptors (Lipinski definition) is 5. The van der Waals surface area contributed by atoms with Gasteiger partial charge in [-0.3, -0.25) is 10.1 Å². The number of aryl methyl sites for hydroxylation is 1. The monoisotopic (exact) mass is 356 g/mol. The first-order valence-corrected chi connectivity index (χ1v) is 6.90. The summed E-state index contributed by atoms with van der Waals surface area (Å²) in [7, 11) is 0. The highest BCUT2D eigenvalue weighted by Gasteiger charge is 2.17. The van der Waals surface area contributed by atoms with Gasteiger partial charge in [0.15, 0.2) is 0 Å². The minimum atomic E-state index is -0.552. The normalized spacial score (nSPS) is 10.3. The Kier molecular flexibility index (Phi) is 4.51. The van der Waals surface area contributed by atoms with Gasteiger partial charge in [0, 0.05) is 10.2 Å². The number of nitro groups is 1. The van der Waals surface area contributed by atoms with Crippen LogP contribution in [-0.2, 0) is 6.42 Å². The van der Waals surface area contributed by atoms with E-state index in [0.29, 0.717) is 0 Å². The third-order valence-corrected chi connectivity index (χ3v) is 3.31. The van der Waals surface area contributed by atoms with Gasteiger partial charge in [-0.1, -0.05) is 22.9 Å². The van der Waals surface area contributed by atoms with E-state index < -0.39 is 4.92 Å². The quantitative estimate of drug-likeness (QED) is 0.506. The lowest BCUT2D eigenvalue weighted by Crippen LogP contribution is -2.03. The van der Waals surface area contributed by atoms with Crippen LogP contribution in [0, 0.1) is 10.1 Å². The summed E-state index contributed by atoms with van der Waals surface area (Å²) in [5.41, 5.74) is 1.52. The molecule has 2 aromatic rings. The van der Waals surface area contributed by atoms with Gasteiger partial charge in [-0.05, 0) is 41.8 Å². The fraction of sp³-hybridized carbons (Fsp3) is 0.167. The average molecular weight is 358 g/mol. The molecule has 0 amide bonds. The van der Waals surface area contributed by atoms with Gasteiger partial charge in [-0.15, -0.1) is 0 Å². The molecule has 104 valence electrons. The van der Waals surface area contributed by atoms with Crippen molar-refractivity contribution in [1.29, 1.82) is 0 Å². The van der Waals surface area contributed by atoms with Crippen molar-refractivity contribution in [3.05, 3.63) is 49.8 Å². The number of rotatable bonds is 4. The Morgan fingerprint density at radius 1 is 1.50 bits per heavy atom. The van der Waals surface area contributed by atoms with E-state index in [1.807, 2.05) is 25.1 Å². The van der Waals surface area contributed by atoms with E-state index in [-0.39, 0.29) is 16.8 Å². The Morgan fingerprint density at radius 3 is 2.90 bits per heavy atom. The zero-order valence-corrected chi connectivity index (χ0v) is 12.8. The second-order valence-corrected chi connectivity index (χ2v) is 5.16. The van der Waals surface area contributed by atoms with Crippen LogP contribution >= 0.6 is 27.5 Å². The maximum Gasteiger partial charge on any atom is 0.329 e. The van der Waals surface area contributed by atoms with E-state index in [9.17, 15) is 10.1 Å². The van der Waals surface area contributed by atoms with Gasteiger partial charge >= 0.3 is 5.69 Å². The molecule has 0 aliphatic heterocycles. The molecule has 20 heavy (non-hydrogen) atoms. The van der Waals surface area contributed by atoms with Crippen LogP contribution in [0.15, 0.2) is 28.9 Å². The van der Waals surface area contributed by atoms with Crippen molar-refractivity contribution in [3.63, 3.8) is 0 Å². The van der Waals surface area contributed by atoms with Crippen LogP contribution in [0.1, 0.15) is 12.5 Å². The van der Waals surface area contributed by atoms with Crippen LogP contribution in [0.3, 0.4) is 0 Å². The van der Waals surface area contributed by atoms with Gasteiger partial charge in [-0.25, -0.2) is 4.98 Å². The van der Waals surface area contributed by atoms with Crippen molar-refractivity contribution in [3.8, 4) is 0 Å². The van der Waals surface area contributed by atoms with Gasteiger partial charge in [-0.2, -0.15) is 4.98 Å². The smallest absolute Gasteiger partial charge is 0.329 e. The topological polar surface area (TPSA) is 81.0 Å². The Hall–Kier alpha value is -1.73. The summed E-state index contributed by atoms with van der Waals surface area (Å²) >= 11 is 9.08. The molecule has 0 radical (unpaired) electrons. The summed E-state index contributed by atoms with van der Waals surface area (Å²) < 4.78 is 0.940. The molecule has 0 fully saturated rings. The number of anilines is 2. The number of halogens is 2. The van der Waals surface area contributed by atoms with E-state index >= 15 is 0 Å². The van der Waals surface area contributed by atoms with Gasteiger partial charge < -0.3 is 5.32 Å². The molecule has 1 N–H and O–H groups in total. The second kappa shape index (κ2) is 6.15. The van der Waals surface area contributed by atoms with Gasteiger partial charge in [0.1, 0.15) is 6.20 Å². The lowest BCUT2D eigenvalue weighted by Gasteiger charge is -2.11. The van der Waals surface area contributed by atoms with Crippen molar-refractivity contribution in [1.82, 2.24) is 9.97 Å². The molecular weight excluding hydrogens is 348 g/mol. The largest absolute Gasteiger partial charge is 0.334 e. The molecule has 6 nitrogen and oxygen atoms in total. The predicted molar refractivity (Wildman–Crippen MR) is 80.5 cm³/mol. The van der Waals surface area contributed by atoms with Crippen molar-refractivity contribution in [2.45, 2.75) is 13.3 Å². The highest BCUT2D eigenvalue weighted by molar-refractivity contribution is 9.10. The molecule has 0 aliphatic carbocycles. The molecule has 1 aromatic carbocycles. The first kappa shape index (κ1) is 14.7. The summed E-state index contributed by atoms with van der Waals surface area (Å²) in [6.07, 6.45) is 1.86. The Balaban J connectivity index is 2.44. The first-order valence-electron chi connectivity index (χ1n) is 5.73. The lowest BCUT2D eigenvalue weighted by atomic mass is 10.1. The molecule has 1 aromatic heterocycles. The van der Waals surface area contributed by atoms with E-state index in [2.05, 4.69) is 31.2 Å². The molecule has 8 heteroatoms. The molecule has 0 bridgehead atoms. The summed E-state index contributed by atoms with van der Waals surface area (Å²) in [6, 6.07) is 5.61. The Bertz CT molecular complexity index is 666. The summed E-state index contributed by atoms with van der Waals surface area (Å²) in [5.74, 6) is 0.0759. The van der Waals surface area contributed by atoms with Crippen LogP contribution in [0.4, 0.5) is 17.2 Å². The molecule has 0 aliphatic rings. The highest BCUT2D eigenvalue weighted by atomic mass is 79.9. The van der Waals surface area contributed by atoms with Crippen molar-refractivity contribution >= 4 is 44.7 Å². The lowest BCUT2D eigenvalue weighted by molar-refractivity contribution is -0.384. The molecule has 0 saturated carbocycles. The molecule has 0 saturated heterocycles. The second-order valence-electron chi connectivity index (χ2n) is 3.91. The summed E-state index contributed by atoms with van der Waals surface area (Å²) in [6.45, 7) is 1.99. The minimum absolute atomic E-state index is 0.0479. The minimum Gasteiger partial charge on any atom is -0.334 e. The third kappa shape index (κ3) is 3.23. The van der Waals surface area contributed by atoms with E-state index in [1.165, 1.54) is 0 Å². The maximum absolute atomic E-state index is 11.0.